The van der Waals surface area contributed by atoms with Gasteiger partial charge in [-0.3, -0.25) is 0 Å². The lowest BCUT2D eigenvalue weighted by atomic mass is 9.69. The summed E-state index contributed by atoms with van der Waals surface area (Å²) in [5.41, 5.74) is 3.17. The third-order valence-corrected chi connectivity index (χ3v) is 6.82. The fraction of sp³-hybridized carbons (Fsp3) is 0.517. The Kier molecular flexibility index (Phi) is 12.0. The van der Waals surface area contributed by atoms with Crippen LogP contribution in [0.4, 0.5) is 0 Å². The second-order valence-corrected chi connectivity index (χ2v) is 9.52. The van der Waals surface area contributed by atoms with Crippen molar-refractivity contribution in [1.82, 2.24) is 4.90 Å². The zero-order chi connectivity index (χ0) is 26.6. The van der Waals surface area contributed by atoms with Crippen LogP contribution in [0.25, 0.3) is 0 Å². The van der Waals surface area contributed by atoms with Gasteiger partial charge < -0.3 is 24.6 Å². The fourth-order valence-electron chi connectivity index (χ4n) is 4.44. The molecule has 1 atom stereocenters. The first kappa shape index (κ1) is 29.5. The van der Waals surface area contributed by atoms with Crippen LogP contribution in [0.3, 0.4) is 0 Å². The molecule has 0 fully saturated rings. The predicted octanol–water partition coefficient (Wildman–Crippen LogP) is 3.85. The Hall–Kier alpha value is -2.76. The molecule has 7 heteroatoms. The number of nitriles is 1. The number of hydrogen-bond acceptors (Lipinski definition) is 7. The van der Waals surface area contributed by atoms with Crippen molar-refractivity contribution in [3.63, 3.8) is 0 Å². The Morgan fingerprint density at radius 1 is 1.08 bits per heavy atom. The smallest absolute Gasteiger partial charge is 0.338 e. The maximum Gasteiger partial charge on any atom is 0.338 e. The SMILES string of the molecule is COCCOC(=O)c1cccc(CCN(C)CCCC(C#N)(c2ccc(CO)c(CO)c2)C(C)C)c1. The van der Waals surface area contributed by atoms with Gasteiger partial charge in [-0.05, 0) is 73.2 Å². The first-order chi connectivity index (χ1) is 17.3. The van der Waals surface area contributed by atoms with Crippen molar-refractivity contribution < 1.29 is 24.5 Å². The highest BCUT2D eigenvalue weighted by Gasteiger charge is 2.36. The van der Waals surface area contributed by atoms with Crippen LogP contribution in [0.15, 0.2) is 42.5 Å². The lowest BCUT2D eigenvalue weighted by Gasteiger charge is -2.32. The summed E-state index contributed by atoms with van der Waals surface area (Å²) in [5, 5.41) is 29.5. The number of ether oxygens (including phenoxy) is 2. The minimum Gasteiger partial charge on any atom is -0.460 e. The molecule has 36 heavy (non-hydrogen) atoms. The minimum atomic E-state index is -0.670. The Bertz CT molecular complexity index is 1020. The first-order valence-corrected chi connectivity index (χ1v) is 12.5. The second kappa shape index (κ2) is 14.7. The quantitative estimate of drug-likeness (QED) is 0.285. The monoisotopic (exact) mass is 496 g/mol. The number of methoxy groups -OCH3 is 1. The number of aliphatic hydroxyl groups is 2. The van der Waals surface area contributed by atoms with Gasteiger partial charge in [-0.2, -0.15) is 5.26 Å². The first-order valence-electron chi connectivity index (χ1n) is 12.5. The molecular formula is C29H40N2O5. The van der Waals surface area contributed by atoms with Gasteiger partial charge in [0.25, 0.3) is 0 Å². The van der Waals surface area contributed by atoms with E-state index in [0.717, 1.165) is 37.1 Å². The van der Waals surface area contributed by atoms with E-state index in [1.54, 1.807) is 13.2 Å². The Morgan fingerprint density at radius 2 is 1.83 bits per heavy atom. The molecule has 0 saturated carbocycles. The molecule has 0 aromatic heterocycles. The average Bonchev–Trinajstić information content (AvgIpc) is 2.89. The number of rotatable bonds is 15. The zero-order valence-corrected chi connectivity index (χ0v) is 22.0. The minimum absolute atomic E-state index is 0.0886. The maximum atomic E-state index is 12.2. The zero-order valence-electron chi connectivity index (χ0n) is 22.0. The third-order valence-electron chi connectivity index (χ3n) is 6.82. The summed E-state index contributed by atoms with van der Waals surface area (Å²) >= 11 is 0. The van der Waals surface area contributed by atoms with Crippen molar-refractivity contribution in [2.24, 2.45) is 5.92 Å². The number of likely N-dealkylation sites (N-methyl/N-ethyl adjacent to an activating group) is 1. The number of carbonyl (C=O) groups excluding carboxylic acids is 1. The van der Waals surface area contributed by atoms with E-state index < -0.39 is 5.41 Å². The molecule has 7 nitrogen and oxygen atoms in total. The van der Waals surface area contributed by atoms with E-state index >= 15 is 0 Å². The lowest BCUT2D eigenvalue weighted by Crippen LogP contribution is -2.33. The molecule has 0 spiro atoms. The maximum absolute atomic E-state index is 12.2. The van der Waals surface area contributed by atoms with Crippen molar-refractivity contribution in [1.29, 1.82) is 5.26 Å². The highest BCUT2D eigenvalue weighted by molar-refractivity contribution is 5.89. The van der Waals surface area contributed by atoms with E-state index in [1.807, 2.05) is 36.4 Å². The van der Waals surface area contributed by atoms with Gasteiger partial charge in [-0.1, -0.05) is 44.2 Å². The van der Waals surface area contributed by atoms with Crippen LogP contribution in [0.2, 0.25) is 0 Å². The van der Waals surface area contributed by atoms with Gasteiger partial charge in [-0.25, -0.2) is 4.79 Å². The molecule has 0 aliphatic rings. The second-order valence-electron chi connectivity index (χ2n) is 9.52. The Balaban J connectivity index is 1.97. The number of carbonyl (C=O) groups is 1. The molecule has 2 rings (SSSR count). The fourth-order valence-corrected chi connectivity index (χ4v) is 4.44. The summed E-state index contributed by atoms with van der Waals surface area (Å²) in [5.74, 6) is -0.258. The van der Waals surface area contributed by atoms with Gasteiger partial charge in [0.1, 0.15) is 6.61 Å². The van der Waals surface area contributed by atoms with E-state index in [4.69, 9.17) is 9.47 Å². The average molecular weight is 497 g/mol. The van der Waals surface area contributed by atoms with Gasteiger partial charge in [0, 0.05) is 13.7 Å². The summed E-state index contributed by atoms with van der Waals surface area (Å²) in [6, 6.07) is 15.7. The number of nitrogens with zero attached hydrogens (tertiary/aromatic N) is 2. The van der Waals surface area contributed by atoms with Gasteiger partial charge in [0.05, 0.1) is 36.9 Å². The topological polar surface area (TPSA) is 103 Å². The molecule has 0 heterocycles. The molecule has 2 aromatic carbocycles. The van der Waals surface area contributed by atoms with E-state index in [1.165, 1.54) is 0 Å². The number of esters is 1. The Labute approximate surface area is 215 Å². The standard InChI is InChI=1S/C29H40N2O5/c1-22(2)29(21-30,27-10-9-25(19-32)26(18-27)20-33)12-6-13-31(3)14-11-23-7-5-8-24(17-23)28(34)36-16-15-35-4/h5,7-10,17-18,22,32-33H,6,11-16,19-20H2,1-4H3. The van der Waals surface area contributed by atoms with Crippen LogP contribution in [-0.4, -0.2) is 61.5 Å². The molecule has 0 saturated heterocycles. The van der Waals surface area contributed by atoms with Crippen molar-refractivity contribution in [2.75, 3.05) is 40.5 Å². The molecule has 0 aliphatic carbocycles. The summed E-state index contributed by atoms with van der Waals surface area (Å²) in [4.78, 5) is 14.4. The van der Waals surface area contributed by atoms with Crippen LogP contribution in [0.5, 0.6) is 0 Å². The summed E-state index contributed by atoms with van der Waals surface area (Å²) in [6.07, 6.45) is 2.33. The lowest BCUT2D eigenvalue weighted by molar-refractivity contribution is 0.0388. The van der Waals surface area contributed by atoms with Crippen LogP contribution in [0.1, 0.15) is 59.3 Å². The molecule has 2 N–H and O–H groups in total. The summed E-state index contributed by atoms with van der Waals surface area (Å²) < 4.78 is 10.1. The molecular weight excluding hydrogens is 456 g/mol. The van der Waals surface area contributed by atoms with Crippen LogP contribution >= 0.6 is 0 Å². The van der Waals surface area contributed by atoms with Crippen LogP contribution < -0.4 is 0 Å². The van der Waals surface area contributed by atoms with Crippen LogP contribution in [0, 0.1) is 17.2 Å². The molecule has 2 aromatic rings. The van der Waals surface area contributed by atoms with Crippen LogP contribution in [-0.2, 0) is 34.5 Å². The van der Waals surface area contributed by atoms with E-state index in [2.05, 4.69) is 31.9 Å². The largest absolute Gasteiger partial charge is 0.460 e. The third kappa shape index (κ3) is 7.87. The van der Waals surface area contributed by atoms with Crippen molar-refractivity contribution in [3.05, 3.63) is 70.3 Å². The van der Waals surface area contributed by atoms with E-state index in [9.17, 15) is 20.3 Å². The van der Waals surface area contributed by atoms with E-state index in [0.29, 0.717) is 29.7 Å². The van der Waals surface area contributed by atoms with Gasteiger partial charge in [0.2, 0.25) is 0 Å². The molecule has 0 bridgehead atoms. The van der Waals surface area contributed by atoms with Crippen molar-refractivity contribution in [3.8, 4) is 6.07 Å². The molecule has 0 radical (unpaired) electrons. The highest BCUT2D eigenvalue weighted by atomic mass is 16.6. The Morgan fingerprint density at radius 3 is 2.47 bits per heavy atom. The van der Waals surface area contributed by atoms with Crippen molar-refractivity contribution in [2.45, 2.75) is 51.7 Å². The highest BCUT2D eigenvalue weighted by Crippen LogP contribution is 2.37. The molecule has 1 unspecified atom stereocenters. The van der Waals surface area contributed by atoms with Gasteiger partial charge in [0.15, 0.2) is 0 Å². The van der Waals surface area contributed by atoms with Gasteiger partial charge >= 0.3 is 5.97 Å². The number of benzene rings is 2. The summed E-state index contributed by atoms with van der Waals surface area (Å²) in [7, 11) is 3.63. The van der Waals surface area contributed by atoms with Crippen molar-refractivity contribution >= 4 is 5.97 Å². The molecule has 0 amide bonds. The molecule has 196 valence electrons. The summed E-state index contributed by atoms with van der Waals surface area (Å²) in [6.45, 7) is 6.06. The number of hydrogen-bond donors (Lipinski definition) is 2. The molecule has 0 aliphatic heterocycles. The normalized spacial score (nSPS) is 13.0. The predicted molar refractivity (Wildman–Crippen MR) is 139 cm³/mol. The number of aliphatic hydroxyl groups excluding tert-OH is 2. The van der Waals surface area contributed by atoms with E-state index in [-0.39, 0.29) is 31.7 Å². The van der Waals surface area contributed by atoms with Gasteiger partial charge in [-0.15, -0.1) is 0 Å².